The lowest BCUT2D eigenvalue weighted by Crippen LogP contribution is -2.30. The first kappa shape index (κ1) is 22.5. The van der Waals surface area contributed by atoms with Gasteiger partial charge in [-0.3, -0.25) is 14.2 Å². The van der Waals surface area contributed by atoms with E-state index in [0.29, 0.717) is 17.2 Å². The maximum atomic E-state index is 13.4. The Hall–Kier alpha value is -3.33. The quantitative estimate of drug-likeness (QED) is 0.558. The maximum Gasteiger partial charge on any atom is 0.263 e. The van der Waals surface area contributed by atoms with Crippen molar-refractivity contribution in [3.05, 3.63) is 46.0 Å². The minimum absolute atomic E-state index is 0.0560. The molecule has 0 bridgehead atoms. The number of hydrogen-bond acceptors (Lipinski definition) is 8. The number of carbonyl (C=O) groups is 1. The zero-order chi connectivity index (χ0) is 23.7. The van der Waals surface area contributed by atoms with Crippen molar-refractivity contribution in [2.75, 3.05) is 36.4 Å². The highest BCUT2D eigenvalue weighted by atomic mass is 16.1. The molecular formula is C25H31N7O2. The average molecular weight is 462 g/mol. The summed E-state index contributed by atoms with van der Waals surface area (Å²) in [4.78, 5) is 41.8. The normalized spacial score (nSPS) is 17.2. The third-order valence-corrected chi connectivity index (χ3v) is 6.92. The predicted molar refractivity (Wildman–Crippen MR) is 133 cm³/mol. The van der Waals surface area contributed by atoms with Crippen LogP contribution < -0.4 is 21.1 Å². The lowest BCUT2D eigenvalue weighted by molar-refractivity contribution is 0.101. The highest BCUT2D eigenvalue weighted by molar-refractivity contribution is 5.99. The van der Waals surface area contributed by atoms with Crippen molar-refractivity contribution in [1.29, 1.82) is 0 Å². The second-order valence-electron chi connectivity index (χ2n) is 9.22. The molecule has 2 aliphatic rings. The molecule has 0 aromatic carbocycles. The lowest BCUT2D eigenvalue weighted by Gasteiger charge is -2.21. The summed E-state index contributed by atoms with van der Waals surface area (Å²) in [7, 11) is 0. The van der Waals surface area contributed by atoms with E-state index < -0.39 is 0 Å². The Bertz CT molecular complexity index is 1250. The number of carbonyl (C=O) groups excluding carboxylic acids is 1. The SMILES string of the molecule is CC(=O)c1c(C)c2cnc(Nc3ccc(N4CCCNCC4)nc3)nc2n(C2CCCC2)c1=O. The van der Waals surface area contributed by atoms with Crippen LogP contribution in [-0.2, 0) is 0 Å². The molecule has 3 aromatic rings. The smallest absolute Gasteiger partial charge is 0.263 e. The van der Waals surface area contributed by atoms with Gasteiger partial charge in [0.2, 0.25) is 5.95 Å². The number of fused-ring (bicyclic) bond motifs is 1. The molecule has 3 aromatic heterocycles. The molecule has 0 radical (unpaired) electrons. The molecule has 2 fully saturated rings. The van der Waals surface area contributed by atoms with Gasteiger partial charge in [0.05, 0.1) is 17.4 Å². The zero-order valence-electron chi connectivity index (χ0n) is 19.8. The summed E-state index contributed by atoms with van der Waals surface area (Å²) in [5.74, 6) is 1.14. The van der Waals surface area contributed by atoms with Crippen LogP contribution in [0.1, 0.15) is 61.0 Å². The molecule has 178 valence electrons. The standard InChI is InChI=1S/C25H31N7O2/c1-16-20-15-28-25(29-18-8-9-21(27-14-18)31-12-5-10-26-11-13-31)30-23(20)32(19-6-3-4-7-19)24(34)22(16)17(2)33/h8-9,14-15,19,26H,3-7,10-13H2,1-2H3,(H,28,29,30). The second-order valence-corrected chi connectivity index (χ2v) is 9.22. The first-order valence-electron chi connectivity index (χ1n) is 12.1. The molecule has 9 heteroatoms. The Balaban J connectivity index is 1.49. The van der Waals surface area contributed by atoms with Gasteiger partial charge >= 0.3 is 0 Å². The first-order chi connectivity index (χ1) is 16.5. The Morgan fingerprint density at radius 3 is 2.65 bits per heavy atom. The number of rotatable bonds is 5. The van der Waals surface area contributed by atoms with Gasteiger partial charge in [0.1, 0.15) is 11.5 Å². The Labute approximate surface area is 198 Å². The first-order valence-corrected chi connectivity index (χ1v) is 12.1. The molecule has 2 N–H and O–H groups in total. The third kappa shape index (κ3) is 4.27. The molecule has 0 unspecified atom stereocenters. The van der Waals surface area contributed by atoms with E-state index in [1.54, 1.807) is 23.9 Å². The van der Waals surface area contributed by atoms with Gasteiger partial charge in [-0.25, -0.2) is 9.97 Å². The van der Waals surface area contributed by atoms with Gasteiger partial charge in [-0.1, -0.05) is 12.8 Å². The van der Waals surface area contributed by atoms with Gasteiger partial charge < -0.3 is 15.5 Å². The minimum atomic E-state index is -0.244. The average Bonchev–Trinajstić information content (AvgIpc) is 3.20. The number of aryl methyl sites for hydroxylation is 1. The fourth-order valence-electron chi connectivity index (χ4n) is 5.16. The molecule has 0 spiro atoms. The molecule has 1 saturated heterocycles. The van der Waals surface area contributed by atoms with Crippen LogP contribution in [0.3, 0.4) is 0 Å². The number of hydrogen-bond donors (Lipinski definition) is 2. The van der Waals surface area contributed by atoms with Gasteiger partial charge in [0.25, 0.3) is 5.56 Å². The van der Waals surface area contributed by atoms with Gasteiger partial charge in [-0.15, -0.1) is 0 Å². The monoisotopic (exact) mass is 461 g/mol. The fraction of sp³-hybridized carbons (Fsp3) is 0.480. The molecule has 5 rings (SSSR count). The maximum absolute atomic E-state index is 13.4. The topological polar surface area (TPSA) is 105 Å². The number of aromatic nitrogens is 4. The van der Waals surface area contributed by atoms with Gasteiger partial charge in [0.15, 0.2) is 5.78 Å². The van der Waals surface area contributed by atoms with Gasteiger partial charge in [-0.05, 0) is 57.4 Å². The molecule has 1 aliphatic carbocycles. The van der Waals surface area contributed by atoms with E-state index in [1.807, 2.05) is 12.1 Å². The highest BCUT2D eigenvalue weighted by Crippen LogP contribution is 2.32. The Morgan fingerprint density at radius 1 is 1.09 bits per heavy atom. The summed E-state index contributed by atoms with van der Waals surface area (Å²) in [6.45, 7) is 7.17. The van der Waals surface area contributed by atoms with Crippen molar-refractivity contribution in [2.24, 2.45) is 0 Å². The van der Waals surface area contributed by atoms with E-state index in [2.05, 4.69) is 25.5 Å². The highest BCUT2D eigenvalue weighted by Gasteiger charge is 2.25. The number of nitrogens with one attached hydrogen (secondary N) is 2. The van der Waals surface area contributed by atoms with Crippen molar-refractivity contribution in [3.8, 4) is 0 Å². The van der Waals surface area contributed by atoms with Crippen LogP contribution in [-0.4, -0.2) is 51.5 Å². The lowest BCUT2D eigenvalue weighted by atomic mass is 10.0. The van der Waals surface area contributed by atoms with E-state index in [1.165, 1.54) is 6.92 Å². The van der Waals surface area contributed by atoms with Gasteiger partial charge in [-0.2, -0.15) is 4.98 Å². The largest absolute Gasteiger partial charge is 0.355 e. The predicted octanol–water partition coefficient (Wildman–Crippen LogP) is 3.36. The van der Waals surface area contributed by atoms with Crippen molar-refractivity contribution in [2.45, 2.75) is 52.0 Å². The third-order valence-electron chi connectivity index (χ3n) is 6.92. The van der Waals surface area contributed by atoms with Crippen molar-refractivity contribution in [1.82, 2.24) is 24.8 Å². The van der Waals surface area contributed by atoms with Crippen LogP contribution in [0.5, 0.6) is 0 Å². The number of Topliss-reactive ketones (excluding diaryl/α,β-unsaturated/α-hetero) is 1. The van der Waals surface area contributed by atoms with Crippen LogP contribution >= 0.6 is 0 Å². The van der Waals surface area contributed by atoms with E-state index in [9.17, 15) is 9.59 Å². The second kappa shape index (κ2) is 9.50. The Kier molecular flexibility index (Phi) is 6.28. The van der Waals surface area contributed by atoms with Crippen LogP contribution in [0.15, 0.2) is 29.3 Å². The van der Waals surface area contributed by atoms with E-state index in [4.69, 9.17) is 4.98 Å². The summed E-state index contributed by atoms with van der Waals surface area (Å²) in [5.41, 5.74) is 2.01. The molecular weight excluding hydrogens is 430 g/mol. The van der Waals surface area contributed by atoms with Crippen molar-refractivity contribution in [3.63, 3.8) is 0 Å². The van der Waals surface area contributed by atoms with Crippen LogP contribution in [0, 0.1) is 6.92 Å². The molecule has 9 nitrogen and oxygen atoms in total. The van der Waals surface area contributed by atoms with E-state index in [0.717, 1.165) is 75.2 Å². The number of ketones is 1. The summed E-state index contributed by atoms with van der Waals surface area (Å²) < 4.78 is 1.73. The molecule has 4 heterocycles. The molecule has 1 saturated carbocycles. The number of pyridine rings is 2. The molecule has 34 heavy (non-hydrogen) atoms. The van der Waals surface area contributed by atoms with Crippen LogP contribution in [0.25, 0.3) is 11.0 Å². The molecule has 0 atom stereocenters. The zero-order valence-corrected chi connectivity index (χ0v) is 19.8. The number of nitrogens with zero attached hydrogens (tertiary/aromatic N) is 5. The van der Waals surface area contributed by atoms with Gasteiger partial charge in [0, 0.05) is 37.3 Å². The summed E-state index contributed by atoms with van der Waals surface area (Å²) >= 11 is 0. The van der Waals surface area contributed by atoms with Crippen LogP contribution in [0.4, 0.5) is 17.5 Å². The van der Waals surface area contributed by atoms with Crippen molar-refractivity contribution < 1.29 is 4.79 Å². The summed E-state index contributed by atoms with van der Waals surface area (Å²) in [6.07, 6.45) is 8.57. The van der Waals surface area contributed by atoms with Crippen LogP contribution in [0.2, 0.25) is 0 Å². The molecule has 1 aliphatic heterocycles. The minimum Gasteiger partial charge on any atom is -0.355 e. The summed E-state index contributed by atoms with van der Waals surface area (Å²) in [6, 6.07) is 4.04. The van der Waals surface area contributed by atoms with E-state index in [-0.39, 0.29) is 22.9 Å². The van der Waals surface area contributed by atoms with Crippen molar-refractivity contribution >= 4 is 34.3 Å². The Morgan fingerprint density at radius 2 is 1.91 bits per heavy atom. The number of anilines is 3. The summed E-state index contributed by atoms with van der Waals surface area (Å²) in [5, 5.41) is 7.38. The molecule has 0 amide bonds. The fourth-order valence-corrected chi connectivity index (χ4v) is 5.16. The van der Waals surface area contributed by atoms with E-state index >= 15 is 0 Å².